The molecule has 0 N–H and O–H groups in total. The Balaban J connectivity index is 0.00000204. The first kappa shape index (κ1) is 28.5. The zero-order valence-corrected chi connectivity index (χ0v) is 22.2. The number of rotatable bonds is 8. The van der Waals surface area contributed by atoms with Crippen LogP contribution in [0.25, 0.3) is 0 Å². The molecule has 2 fully saturated rings. The number of hydrogen-bond acceptors (Lipinski definition) is 4. The molecular formula is C28H40Cl2N2O2. The topological polar surface area (TPSA) is 32.8 Å². The lowest BCUT2D eigenvalue weighted by atomic mass is 9.69. The van der Waals surface area contributed by atoms with Crippen LogP contribution in [-0.4, -0.2) is 50.5 Å². The van der Waals surface area contributed by atoms with Crippen LogP contribution in [0.15, 0.2) is 54.6 Å². The molecule has 188 valence electrons. The first-order valence-corrected chi connectivity index (χ1v) is 12.3. The van der Waals surface area contributed by atoms with E-state index in [1.165, 1.54) is 30.5 Å². The van der Waals surface area contributed by atoms with E-state index in [4.69, 9.17) is 4.74 Å². The third kappa shape index (κ3) is 6.47. The Bertz CT molecular complexity index is 881. The zero-order chi connectivity index (χ0) is 22.4. The number of hydrogen-bond donors (Lipinski definition) is 0. The van der Waals surface area contributed by atoms with Gasteiger partial charge in [0.05, 0.1) is 18.2 Å². The fraction of sp³-hybridized carbons (Fsp3) is 0.536. The number of nitrogens with zero attached hydrogens (tertiary/aromatic N) is 2. The monoisotopic (exact) mass is 506 g/mol. The Morgan fingerprint density at radius 1 is 0.912 bits per heavy atom. The van der Waals surface area contributed by atoms with Crippen LogP contribution < -0.4 is 9.64 Å². The molecule has 6 heteroatoms. The van der Waals surface area contributed by atoms with E-state index in [2.05, 4.69) is 53.1 Å². The lowest BCUT2D eigenvalue weighted by molar-refractivity contribution is -0.129. The average Bonchev–Trinajstić information content (AvgIpc) is 2.88. The molecule has 0 aromatic heterocycles. The molecule has 4 rings (SSSR count). The standard InChI is InChI=1S/C28H38N2O2.2ClH/c1-28(24-13-7-4-8-14-24,27(31)23-11-5-3-6-12-23)17-18-29-19-21-30(22-20-29)25-15-9-10-16-26(25)32-2;;/h4,7-10,13-16,23H,3,5-6,11-12,17-22H2,1-2H3;2*1H. The Labute approximate surface area is 217 Å². The Kier molecular flexibility index (Phi) is 11.2. The minimum atomic E-state index is -0.400. The molecule has 0 spiro atoms. The lowest BCUT2D eigenvalue weighted by Gasteiger charge is -2.39. The van der Waals surface area contributed by atoms with Crippen LogP contribution in [0, 0.1) is 5.92 Å². The number of halogens is 2. The number of piperazine rings is 1. The maximum atomic E-state index is 13.8. The second-order valence-corrected chi connectivity index (χ2v) is 9.65. The molecule has 2 aliphatic rings. The molecule has 0 radical (unpaired) electrons. The smallest absolute Gasteiger partial charge is 0.146 e. The molecule has 0 bridgehead atoms. The summed E-state index contributed by atoms with van der Waals surface area (Å²) >= 11 is 0. The van der Waals surface area contributed by atoms with Crippen molar-refractivity contribution in [1.29, 1.82) is 0 Å². The van der Waals surface area contributed by atoms with Crippen molar-refractivity contribution in [3.05, 3.63) is 60.2 Å². The van der Waals surface area contributed by atoms with E-state index >= 15 is 0 Å². The molecule has 1 saturated carbocycles. The van der Waals surface area contributed by atoms with Crippen LogP contribution in [0.4, 0.5) is 5.69 Å². The summed E-state index contributed by atoms with van der Waals surface area (Å²) in [7, 11) is 1.74. The minimum Gasteiger partial charge on any atom is -0.495 e. The lowest BCUT2D eigenvalue weighted by Crippen LogP contribution is -2.48. The highest BCUT2D eigenvalue weighted by molar-refractivity contribution is 5.91. The summed E-state index contributed by atoms with van der Waals surface area (Å²) in [4.78, 5) is 18.7. The summed E-state index contributed by atoms with van der Waals surface area (Å²) in [6.45, 7) is 7.16. The molecular weight excluding hydrogens is 467 g/mol. The number of carbonyl (C=O) groups is 1. The molecule has 34 heavy (non-hydrogen) atoms. The average molecular weight is 508 g/mol. The van der Waals surface area contributed by atoms with Gasteiger partial charge in [-0.05, 0) is 50.4 Å². The molecule has 1 aliphatic carbocycles. The molecule has 2 aromatic rings. The van der Waals surface area contributed by atoms with Gasteiger partial charge in [0.15, 0.2) is 0 Å². The summed E-state index contributed by atoms with van der Waals surface area (Å²) in [6, 6.07) is 18.8. The van der Waals surface area contributed by atoms with Gasteiger partial charge in [0.2, 0.25) is 0 Å². The Morgan fingerprint density at radius 2 is 1.53 bits per heavy atom. The Hall–Kier alpha value is -1.75. The first-order valence-electron chi connectivity index (χ1n) is 12.3. The third-order valence-corrected chi connectivity index (χ3v) is 7.66. The van der Waals surface area contributed by atoms with Crippen LogP contribution in [0.2, 0.25) is 0 Å². The van der Waals surface area contributed by atoms with E-state index < -0.39 is 5.41 Å². The van der Waals surface area contributed by atoms with Gasteiger partial charge in [-0.15, -0.1) is 24.8 Å². The van der Waals surface area contributed by atoms with Gasteiger partial charge in [0, 0.05) is 32.1 Å². The second-order valence-electron chi connectivity index (χ2n) is 9.65. The minimum absolute atomic E-state index is 0. The van der Waals surface area contributed by atoms with E-state index in [1.54, 1.807) is 7.11 Å². The summed E-state index contributed by atoms with van der Waals surface area (Å²) in [5.41, 5.74) is 1.96. The van der Waals surface area contributed by atoms with Crippen molar-refractivity contribution in [2.75, 3.05) is 44.7 Å². The number of methoxy groups -OCH3 is 1. The molecule has 1 atom stereocenters. The highest BCUT2D eigenvalue weighted by Gasteiger charge is 2.39. The van der Waals surface area contributed by atoms with E-state index in [-0.39, 0.29) is 30.7 Å². The number of ether oxygens (including phenoxy) is 1. The zero-order valence-electron chi connectivity index (χ0n) is 20.6. The molecule has 1 saturated heterocycles. The van der Waals surface area contributed by atoms with Crippen LogP contribution in [-0.2, 0) is 10.2 Å². The van der Waals surface area contributed by atoms with E-state index in [0.29, 0.717) is 5.78 Å². The SMILES string of the molecule is COc1ccccc1N1CCN(CCC(C)(C(=O)C2CCCCC2)c2ccccc2)CC1.Cl.Cl. The van der Waals surface area contributed by atoms with Gasteiger partial charge in [0.25, 0.3) is 0 Å². The van der Waals surface area contributed by atoms with E-state index in [1.807, 2.05) is 18.2 Å². The fourth-order valence-corrected chi connectivity index (χ4v) is 5.52. The largest absolute Gasteiger partial charge is 0.495 e. The van der Waals surface area contributed by atoms with Crippen molar-refractivity contribution >= 4 is 36.3 Å². The van der Waals surface area contributed by atoms with Gasteiger partial charge < -0.3 is 9.64 Å². The van der Waals surface area contributed by atoms with Gasteiger partial charge in [-0.1, -0.05) is 61.7 Å². The van der Waals surface area contributed by atoms with Crippen molar-refractivity contribution in [3.63, 3.8) is 0 Å². The summed E-state index contributed by atoms with van der Waals surface area (Å²) in [5.74, 6) is 1.64. The van der Waals surface area contributed by atoms with E-state index in [9.17, 15) is 4.79 Å². The van der Waals surface area contributed by atoms with Crippen molar-refractivity contribution in [3.8, 4) is 5.75 Å². The number of para-hydroxylation sites is 2. The summed E-state index contributed by atoms with van der Waals surface area (Å²) in [5, 5.41) is 0. The quantitative estimate of drug-likeness (QED) is 0.429. The second kappa shape index (κ2) is 13.4. The number of ketones is 1. The fourth-order valence-electron chi connectivity index (χ4n) is 5.52. The van der Waals surface area contributed by atoms with Crippen LogP contribution >= 0.6 is 24.8 Å². The van der Waals surface area contributed by atoms with Gasteiger partial charge in [0.1, 0.15) is 11.5 Å². The molecule has 2 aromatic carbocycles. The highest BCUT2D eigenvalue weighted by Crippen LogP contribution is 2.37. The van der Waals surface area contributed by atoms with Crippen molar-refractivity contribution < 1.29 is 9.53 Å². The number of carbonyl (C=O) groups excluding carboxylic acids is 1. The highest BCUT2D eigenvalue weighted by atomic mass is 35.5. The molecule has 1 aliphatic heterocycles. The predicted octanol–water partition coefficient (Wildman–Crippen LogP) is 6.16. The van der Waals surface area contributed by atoms with Crippen LogP contribution in [0.3, 0.4) is 0 Å². The molecule has 4 nitrogen and oxygen atoms in total. The Morgan fingerprint density at radius 3 is 2.18 bits per heavy atom. The maximum Gasteiger partial charge on any atom is 0.146 e. The van der Waals surface area contributed by atoms with Gasteiger partial charge in [-0.2, -0.15) is 0 Å². The van der Waals surface area contributed by atoms with Crippen molar-refractivity contribution in [1.82, 2.24) is 4.90 Å². The number of anilines is 1. The molecule has 0 amide bonds. The van der Waals surface area contributed by atoms with Crippen molar-refractivity contribution in [2.45, 2.75) is 50.9 Å². The molecule has 1 heterocycles. The third-order valence-electron chi connectivity index (χ3n) is 7.66. The number of benzene rings is 2. The van der Waals surface area contributed by atoms with Gasteiger partial charge in [-0.3, -0.25) is 9.69 Å². The van der Waals surface area contributed by atoms with Crippen molar-refractivity contribution in [2.24, 2.45) is 5.92 Å². The van der Waals surface area contributed by atoms with Gasteiger partial charge in [-0.25, -0.2) is 0 Å². The van der Waals surface area contributed by atoms with Crippen LogP contribution in [0.5, 0.6) is 5.75 Å². The van der Waals surface area contributed by atoms with Crippen LogP contribution in [0.1, 0.15) is 51.0 Å². The summed E-state index contributed by atoms with van der Waals surface area (Å²) in [6.07, 6.45) is 6.71. The first-order chi connectivity index (χ1) is 15.6. The predicted molar refractivity (Wildman–Crippen MR) is 146 cm³/mol. The van der Waals surface area contributed by atoms with E-state index in [0.717, 1.165) is 57.7 Å². The molecule has 1 unspecified atom stereocenters. The number of Topliss-reactive ketones (excluding diaryl/α,β-unsaturated/α-hetero) is 1. The van der Waals surface area contributed by atoms with Gasteiger partial charge >= 0.3 is 0 Å². The normalized spacial score (nSPS) is 18.8. The maximum absolute atomic E-state index is 13.8. The summed E-state index contributed by atoms with van der Waals surface area (Å²) < 4.78 is 5.56.